The normalized spacial score (nSPS) is 59.5. The summed E-state index contributed by atoms with van der Waals surface area (Å²) in [5.41, 5.74) is -2.80. The first-order chi connectivity index (χ1) is 16.3. The molecule has 6 fully saturated rings. The van der Waals surface area contributed by atoms with Crippen molar-refractivity contribution in [2.24, 2.45) is 34.5 Å². The fourth-order valence-electron chi connectivity index (χ4n) is 11.3. The first-order valence-electron chi connectivity index (χ1n) is 13.1. The van der Waals surface area contributed by atoms with Crippen molar-refractivity contribution in [2.45, 2.75) is 74.3 Å². The Morgan fingerprint density at radius 1 is 1.06 bits per heavy atom. The molecule has 13 atom stereocenters. The number of ether oxygens (including phenoxy) is 5. The molecule has 6 aliphatic rings. The van der Waals surface area contributed by atoms with E-state index in [-0.39, 0.29) is 52.8 Å². The monoisotopic (exact) mass is 481 g/mol. The largest absolute Gasteiger partial charge is 0.392 e. The number of hydrogen-bond donors (Lipinski definition) is 2. The van der Waals surface area contributed by atoms with Gasteiger partial charge in [0.25, 0.3) is 0 Å². The SMILES string of the molecule is CCN1C[C@]2(COC)CC[C@H](OC)[C@@]34[C@@H]5C[C@H]6[C@H](O)[C@@H]5[C@](OC)(C[C@@H]6OC)[C@@](O)([C@@H](OC)[C@H]23)[C@@H]14. The number of nitrogens with zero attached hydrogens (tertiary/aromatic N) is 1. The molecule has 1 aliphatic heterocycles. The number of likely N-dealkylation sites (tertiary alicyclic amines) is 1. The van der Waals surface area contributed by atoms with E-state index >= 15 is 0 Å². The third kappa shape index (κ3) is 2.23. The number of aliphatic hydroxyl groups excluding tert-OH is 1. The molecule has 1 saturated heterocycles. The zero-order chi connectivity index (χ0) is 24.3. The average Bonchev–Trinajstić information content (AvgIpc) is 3.18. The van der Waals surface area contributed by atoms with Gasteiger partial charge in [0.1, 0.15) is 11.2 Å². The second kappa shape index (κ2) is 7.60. The molecule has 5 aliphatic carbocycles. The third-order valence-corrected chi connectivity index (χ3v) is 11.8. The maximum Gasteiger partial charge on any atom is 0.136 e. The van der Waals surface area contributed by atoms with Crippen LogP contribution in [0.15, 0.2) is 0 Å². The Morgan fingerprint density at radius 2 is 1.82 bits per heavy atom. The van der Waals surface area contributed by atoms with E-state index in [9.17, 15) is 10.2 Å². The molecule has 0 aromatic carbocycles. The van der Waals surface area contributed by atoms with E-state index in [0.29, 0.717) is 13.0 Å². The number of piperidine rings is 1. The summed E-state index contributed by atoms with van der Waals surface area (Å²) in [6, 6.07) is -0.182. The summed E-state index contributed by atoms with van der Waals surface area (Å²) < 4.78 is 31.1. The van der Waals surface area contributed by atoms with Crippen LogP contribution in [0, 0.1) is 34.5 Å². The van der Waals surface area contributed by atoms with Crippen molar-refractivity contribution in [1.82, 2.24) is 4.90 Å². The standard InChI is InChI=1S/C26H43NO7/c1-7-27-12-23(13-30-2)9-8-17(32-4)25-15-10-14-16(31-3)11-24(34-6,18(15)19(14)28)26(29,22(25)27)21(33-5)20(23)25/h14-22,28-29H,7-13H2,1-6H3/t14-,15-,16+,17+,18-,19+,20-,21+,22+,23+,24-,25+,26-/m1/s1. The maximum atomic E-state index is 13.2. The Labute approximate surface area is 203 Å². The molecule has 0 aromatic rings. The van der Waals surface area contributed by atoms with Gasteiger partial charge in [-0.2, -0.15) is 0 Å². The minimum absolute atomic E-state index is 0.0269. The van der Waals surface area contributed by atoms with Crippen LogP contribution in [0.25, 0.3) is 0 Å². The van der Waals surface area contributed by atoms with Crippen LogP contribution >= 0.6 is 0 Å². The van der Waals surface area contributed by atoms with E-state index < -0.39 is 23.4 Å². The van der Waals surface area contributed by atoms with Crippen molar-refractivity contribution in [2.75, 3.05) is 55.2 Å². The molecule has 1 heterocycles. The van der Waals surface area contributed by atoms with E-state index in [4.69, 9.17) is 23.7 Å². The molecule has 6 rings (SSSR count). The summed E-state index contributed by atoms with van der Waals surface area (Å²) in [5, 5.41) is 25.0. The summed E-state index contributed by atoms with van der Waals surface area (Å²) in [6.45, 7) is 4.49. The van der Waals surface area contributed by atoms with E-state index in [1.165, 1.54) is 0 Å². The molecule has 34 heavy (non-hydrogen) atoms. The van der Waals surface area contributed by atoms with E-state index in [1.54, 1.807) is 28.4 Å². The van der Waals surface area contributed by atoms with Crippen LogP contribution in [-0.4, -0.2) is 112 Å². The van der Waals surface area contributed by atoms with Crippen molar-refractivity contribution >= 4 is 0 Å². The second-order valence-electron chi connectivity index (χ2n) is 12.1. The molecule has 0 unspecified atom stereocenters. The molecule has 194 valence electrons. The summed E-state index contributed by atoms with van der Waals surface area (Å²) in [6.07, 6.45) is 2.07. The zero-order valence-electron chi connectivity index (χ0n) is 21.5. The Morgan fingerprint density at radius 3 is 2.41 bits per heavy atom. The van der Waals surface area contributed by atoms with Gasteiger partial charge in [-0.25, -0.2) is 0 Å². The second-order valence-corrected chi connectivity index (χ2v) is 12.1. The smallest absolute Gasteiger partial charge is 0.136 e. The van der Waals surface area contributed by atoms with Crippen LogP contribution in [-0.2, 0) is 23.7 Å². The van der Waals surface area contributed by atoms with Gasteiger partial charge in [-0.1, -0.05) is 6.92 Å². The molecule has 0 amide bonds. The zero-order valence-corrected chi connectivity index (χ0v) is 21.5. The quantitative estimate of drug-likeness (QED) is 0.555. The number of methoxy groups -OCH3 is 5. The fraction of sp³-hybridized carbons (Fsp3) is 1.00. The van der Waals surface area contributed by atoms with E-state index in [2.05, 4.69) is 11.8 Å². The molecule has 7 bridgehead atoms. The van der Waals surface area contributed by atoms with Crippen LogP contribution in [0.3, 0.4) is 0 Å². The highest BCUT2D eigenvalue weighted by Gasteiger charge is 2.91. The molecular weight excluding hydrogens is 438 g/mol. The lowest BCUT2D eigenvalue weighted by Gasteiger charge is -2.70. The molecule has 8 heteroatoms. The van der Waals surface area contributed by atoms with Gasteiger partial charge in [-0.15, -0.1) is 0 Å². The van der Waals surface area contributed by atoms with Gasteiger partial charge in [-0.3, -0.25) is 4.90 Å². The number of aliphatic hydroxyl groups is 2. The molecule has 1 spiro atoms. The van der Waals surface area contributed by atoms with Crippen molar-refractivity contribution in [3.63, 3.8) is 0 Å². The van der Waals surface area contributed by atoms with Crippen LogP contribution in [0.4, 0.5) is 0 Å². The van der Waals surface area contributed by atoms with E-state index in [0.717, 1.165) is 32.4 Å². The lowest BCUT2D eigenvalue weighted by atomic mass is 9.42. The lowest BCUT2D eigenvalue weighted by Crippen LogP contribution is -2.82. The van der Waals surface area contributed by atoms with Crippen LogP contribution in [0.5, 0.6) is 0 Å². The molecule has 5 saturated carbocycles. The summed E-state index contributed by atoms with van der Waals surface area (Å²) in [5.74, 6) is 0.0362. The van der Waals surface area contributed by atoms with Crippen LogP contribution in [0.2, 0.25) is 0 Å². The molecule has 0 radical (unpaired) electrons. The predicted molar refractivity (Wildman–Crippen MR) is 123 cm³/mol. The highest BCUT2D eigenvalue weighted by atomic mass is 16.5. The number of rotatable bonds is 7. The number of likely N-dealkylation sites (N-methyl/N-ethyl adjacent to an activating group) is 1. The molecular formula is C26H43NO7. The maximum absolute atomic E-state index is 13.2. The van der Waals surface area contributed by atoms with E-state index in [1.807, 2.05) is 7.11 Å². The van der Waals surface area contributed by atoms with Gasteiger partial charge in [0.2, 0.25) is 0 Å². The highest BCUT2D eigenvalue weighted by molar-refractivity contribution is 5.41. The highest BCUT2D eigenvalue weighted by Crippen LogP contribution is 2.80. The van der Waals surface area contributed by atoms with Gasteiger partial charge < -0.3 is 33.9 Å². The minimum Gasteiger partial charge on any atom is -0.392 e. The van der Waals surface area contributed by atoms with Gasteiger partial charge in [0, 0.05) is 77.1 Å². The van der Waals surface area contributed by atoms with Gasteiger partial charge in [0.05, 0.1) is 37.1 Å². The number of hydrogen-bond acceptors (Lipinski definition) is 8. The molecule has 8 nitrogen and oxygen atoms in total. The van der Waals surface area contributed by atoms with Crippen LogP contribution in [0.1, 0.15) is 32.6 Å². The Bertz CT molecular complexity index is 829. The summed E-state index contributed by atoms with van der Waals surface area (Å²) >= 11 is 0. The third-order valence-electron chi connectivity index (χ3n) is 11.8. The van der Waals surface area contributed by atoms with Gasteiger partial charge in [-0.05, 0) is 31.7 Å². The number of fused-ring (bicyclic) bond motifs is 2. The van der Waals surface area contributed by atoms with Crippen LogP contribution < -0.4 is 0 Å². The minimum atomic E-state index is -1.32. The van der Waals surface area contributed by atoms with Crippen molar-refractivity contribution in [1.29, 1.82) is 0 Å². The van der Waals surface area contributed by atoms with Crippen molar-refractivity contribution in [3.05, 3.63) is 0 Å². The van der Waals surface area contributed by atoms with Gasteiger partial charge in [0.15, 0.2) is 0 Å². The lowest BCUT2D eigenvalue weighted by molar-refractivity contribution is -0.325. The van der Waals surface area contributed by atoms with Crippen molar-refractivity contribution in [3.8, 4) is 0 Å². The summed E-state index contributed by atoms with van der Waals surface area (Å²) in [4.78, 5) is 2.48. The Balaban J connectivity index is 1.69. The fourth-order valence-corrected chi connectivity index (χ4v) is 11.3. The Kier molecular flexibility index (Phi) is 5.38. The van der Waals surface area contributed by atoms with Crippen molar-refractivity contribution < 1.29 is 33.9 Å². The first-order valence-corrected chi connectivity index (χ1v) is 13.1. The van der Waals surface area contributed by atoms with Gasteiger partial charge >= 0.3 is 0 Å². The molecule has 2 N–H and O–H groups in total. The topological polar surface area (TPSA) is 89.9 Å². The summed E-state index contributed by atoms with van der Waals surface area (Å²) in [7, 11) is 8.77. The predicted octanol–water partition coefficient (Wildman–Crippen LogP) is 0.925. The molecule has 0 aromatic heterocycles. The first kappa shape index (κ1) is 24.0. The average molecular weight is 482 g/mol. The Hall–Kier alpha value is -0.320.